The van der Waals surface area contributed by atoms with E-state index in [9.17, 15) is 14.7 Å². The molecular weight excluding hydrogens is 330 g/mol. The maximum Gasteiger partial charge on any atom is 0.264 e. The predicted octanol–water partition coefficient (Wildman–Crippen LogP) is 3.16. The summed E-state index contributed by atoms with van der Waals surface area (Å²) < 4.78 is 5.10. The van der Waals surface area contributed by atoms with Gasteiger partial charge in [-0.15, -0.1) is 0 Å². The van der Waals surface area contributed by atoms with E-state index in [1.54, 1.807) is 48.4 Å². The van der Waals surface area contributed by atoms with Gasteiger partial charge in [0.1, 0.15) is 5.75 Å². The smallest absolute Gasteiger partial charge is 0.264 e. The van der Waals surface area contributed by atoms with E-state index >= 15 is 0 Å². The monoisotopic (exact) mass is 353 g/mol. The number of nitrogens with zero attached hydrogens (tertiary/aromatic N) is 1. The molecule has 0 spiro atoms. The maximum atomic E-state index is 13.0. The Balaban J connectivity index is 1.92. The third kappa shape index (κ3) is 3.10. The number of carbonyl (C=O) groups excluding carboxylic acids is 2. The van der Waals surface area contributed by atoms with Crippen LogP contribution in [0.5, 0.6) is 5.75 Å². The molecule has 5 nitrogen and oxygen atoms in total. The van der Waals surface area contributed by atoms with Gasteiger partial charge in [0.15, 0.2) is 11.4 Å². The molecule has 1 atom stereocenters. The lowest BCUT2D eigenvalue weighted by molar-refractivity contribution is -0.136. The zero-order valence-electron chi connectivity index (χ0n) is 15.2. The number of hydrogen-bond donors (Lipinski definition) is 1. The standard InChI is InChI=1S/C21H23NO4/c1-14(2)13-22-18-7-5-4-6-17(18)21(25,20(22)24)12-19(23)15-8-10-16(26-3)11-9-15/h4-11,14,25H,12-13H2,1-3H3/t21-/m1/s1. The van der Waals surface area contributed by atoms with Crippen molar-refractivity contribution in [3.63, 3.8) is 0 Å². The van der Waals surface area contributed by atoms with Crippen LogP contribution in [0.1, 0.15) is 36.2 Å². The molecule has 0 fully saturated rings. The van der Waals surface area contributed by atoms with Crippen molar-refractivity contribution in [1.29, 1.82) is 0 Å². The molecule has 2 aromatic rings. The Morgan fingerprint density at radius 2 is 1.81 bits per heavy atom. The lowest BCUT2D eigenvalue weighted by Crippen LogP contribution is -2.43. The molecule has 1 N–H and O–H groups in total. The number of anilines is 1. The molecule has 1 aliphatic heterocycles. The number of fused-ring (bicyclic) bond motifs is 1. The molecule has 5 heteroatoms. The van der Waals surface area contributed by atoms with Crippen LogP contribution in [0.3, 0.4) is 0 Å². The van der Waals surface area contributed by atoms with Gasteiger partial charge in [-0.25, -0.2) is 0 Å². The molecule has 0 saturated carbocycles. The van der Waals surface area contributed by atoms with Crippen LogP contribution in [0, 0.1) is 5.92 Å². The Bertz CT molecular complexity index is 828. The summed E-state index contributed by atoms with van der Waals surface area (Å²) >= 11 is 0. The number of para-hydroxylation sites is 1. The van der Waals surface area contributed by atoms with Gasteiger partial charge < -0.3 is 14.7 Å². The second kappa shape index (κ2) is 6.92. The summed E-state index contributed by atoms with van der Waals surface area (Å²) in [5.41, 5.74) is -0.224. The van der Waals surface area contributed by atoms with Gasteiger partial charge in [0.25, 0.3) is 5.91 Å². The van der Waals surface area contributed by atoms with Crippen molar-refractivity contribution < 1.29 is 19.4 Å². The number of hydrogen-bond acceptors (Lipinski definition) is 4. The first-order chi connectivity index (χ1) is 12.4. The van der Waals surface area contributed by atoms with Crippen LogP contribution in [-0.4, -0.2) is 30.5 Å². The second-order valence-electron chi connectivity index (χ2n) is 7.02. The second-order valence-corrected chi connectivity index (χ2v) is 7.02. The Kier molecular flexibility index (Phi) is 4.83. The molecule has 0 saturated heterocycles. The summed E-state index contributed by atoms with van der Waals surface area (Å²) in [6.07, 6.45) is -0.288. The van der Waals surface area contributed by atoms with Crippen molar-refractivity contribution in [1.82, 2.24) is 0 Å². The highest BCUT2D eigenvalue weighted by atomic mass is 16.5. The number of ether oxygens (including phenoxy) is 1. The van der Waals surface area contributed by atoms with E-state index in [1.165, 1.54) is 0 Å². The number of rotatable bonds is 6. The van der Waals surface area contributed by atoms with Crippen LogP contribution in [0.25, 0.3) is 0 Å². The number of methoxy groups -OCH3 is 1. The van der Waals surface area contributed by atoms with E-state index < -0.39 is 11.5 Å². The molecule has 136 valence electrons. The lowest BCUT2D eigenvalue weighted by atomic mass is 9.88. The van der Waals surface area contributed by atoms with Crippen LogP contribution in [-0.2, 0) is 10.4 Å². The summed E-state index contributed by atoms with van der Waals surface area (Å²) in [6, 6.07) is 13.8. The lowest BCUT2D eigenvalue weighted by Gasteiger charge is -2.23. The zero-order chi connectivity index (χ0) is 18.9. The maximum absolute atomic E-state index is 13.0. The zero-order valence-corrected chi connectivity index (χ0v) is 15.2. The number of amides is 1. The highest BCUT2D eigenvalue weighted by Gasteiger charge is 2.50. The van der Waals surface area contributed by atoms with Gasteiger partial charge in [-0.3, -0.25) is 9.59 Å². The Morgan fingerprint density at radius 3 is 2.42 bits per heavy atom. The molecule has 0 aromatic heterocycles. The first-order valence-electron chi connectivity index (χ1n) is 8.68. The van der Waals surface area contributed by atoms with E-state index in [0.717, 1.165) is 0 Å². The van der Waals surface area contributed by atoms with Gasteiger partial charge in [-0.2, -0.15) is 0 Å². The Labute approximate surface area is 153 Å². The number of aliphatic hydroxyl groups is 1. The van der Waals surface area contributed by atoms with Crippen LogP contribution < -0.4 is 9.64 Å². The molecule has 26 heavy (non-hydrogen) atoms. The van der Waals surface area contributed by atoms with Crippen molar-refractivity contribution in [2.24, 2.45) is 5.92 Å². The molecule has 3 rings (SSSR count). The molecule has 0 unspecified atom stereocenters. The molecule has 1 heterocycles. The molecule has 1 amide bonds. The quantitative estimate of drug-likeness (QED) is 0.810. The van der Waals surface area contributed by atoms with E-state index in [-0.39, 0.29) is 18.1 Å². The fourth-order valence-corrected chi connectivity index (χ4v) is 3.34. The fraction of sp³-hybridized carbons (Fsp3) is 0.333. The van der Waals surface area contributed by atoms with E-state index in [1.807, 2.05) is 26.0 Å². The molecule has 1 aliphatic rings. The molecule has 0 radical (unpaired) electrons. The normalized spacial score (nSPS) is 19.0. The highest BCUT2D eigenvalue weighted by molar-refractivity contribution is 6.10. The third-order valence-corrected chi connectivity index (χ3v) is 4.62. The van der Waals surface area contributed by atoms with Crippen molar-refractivity contribution in [2.75, 3.05) is 18.6 Å². The summed E-state index contributed by atoms with van der Waals surface area (Å²) in [5, 5.41) is 11.2. The fourth-order valence-electron chi connectivity index (χ4n) is 3.34. The topological polar surface area (TPSA) is 66.8 Å². The number of benzene rings is 2. The number of Topliss-reactive ketones (excluding diaryl/α,β-unsaturated/α-hetero) is 1. The van der Waals surface area contributed by atoms with Crippen molar-refractivity contribution in [3.05, 3.63) is 59.7 Å². The summed E-state index contributed by atoms with van der Waals surface area (Å²) in [4.78, 5) is 27.3. The molecule has 0 bridgehead atoms. The van der Waals surface area contributed by atoms with Crippen molar-refractivity contribution in [2.45, 2.75) is 25.9 Å². The van der Waals surface area contributed by atoms with Crippen molar-refractivity contribution in [3.8, 4) is 5.75 Å². The minimum absolute atomic E-state index is 0.242. The average Bonchev–Trinajstić information content (AvgIpc) is 2.84. The van der Waals surface area contributed by atoms with E-state index in [4.69, 9.17) is 4.74 Å². The van der Waals surface area contributed by atoms with E-state index in [0.29, 0.717) is 29.1 Å². The van der Waals surface area contributed by atoms with Crippen LogP contribution in [0.2, 0.25) is 0 Å². The van der Waals surface area contributed by atoms with Crippen LogP contribution >= 0.6 is 0 Å². The Hall–Kier alpha value is -2.66. The number of carbonyl (C=O) groups is 2. The summed E-state index contributed by atoms with van der Waals surface area (Å²) in [6.45, 7) is 4.51. The number of ketones is 1. The summed E-state index contributed by atoms with van der Waals surface area (Å²) in [5.74, 6) is 0.163. The Morgan fingerprint density at radius 1 is 1.15 bits per heavy atom. The highest BCUT2D eigenvalue weighted by Crippen LogP contribution is 2.43. The van der Waals surface area contributed by atoms with Gasteiger partial charge in [0.05, 0.1) is 19.2 Å². The van der Waals surface area contributed by atoms with Gasteiger partial charge in [-0.05, 0) is 36.2 Å². The first kappa shape index (κ1) is 18.1. The SMILES string of the molecule is COc1ccc(C(=O)C[C@]2(O)C(=O)N(CC(C)C)c3ccccc32)cc1. The molecule has 2 aromatic carbocycles. The van der Waals surface area contributed by atoms with Crippen LogP contribution in [0.15, 0.2) is 48.5 Å². The van der Waals surface area contributed by atoms with Crippen LogP contribution in [0.4, 0.5) is 5.69 Å². The summed E-state index contributed by atoms with van der Waals surface area (Å²) in [7, 11) is 1.55. The van der Waals surface area contributed by atoms with E-state index in [2.05, 4.69) is 0 Å². The molecular formula is C21H23NO4. The minimum Gasteiger partial charge on any atom is -0.497 e. The third-order valence-electron chi connectivity index (χ3n) is 4.62. The van der Waals surface area contributed by atoms with Crippen molar-refractivity contribution >= 4 is 17.4 Å². The molecule has 0 aliphatic carbocycles. The predicted molar refractivity (Wildman–Crippen MR) is 99.5 cm³/mol. The minimum atomic E-state index is -1.83. The van der Waals surface area contributed by atoms with Gasteiger partial charge in [0, 0.05) is 17.7 Å². The van der Waals surface area contributed by atoms with Gasteiger partial charge >= 0.3 is 0 Å². The van der Waals surface area contributed by atoms with Gasteiger partial charge in [-0.1, -0.05) is 32.0 Å². The van der Waals surface area contributed by atoms with Gasteiger partial charge in [0.2, 0.25) is 0 Å². The average molecular weight is 353 g/mol. The largest absolute Gasteiger partial charge is 0.497 e. The first-order valence-corrected chi connectivity index (χ1v) is 8.68.